The Labute approximate surface area is 181 Å². The van der Waals surface area contributed by atoms with Gasteiger partial charge in [-0.3, -0.25) is 14.4 Å². The van der Waals surface area contributed by atoms with E-state index in [1.54, 1.807) is 10.9 Å². The average Bonchev–Trinajstić information content (AvgIpc) is 3.19. The minimum Gasteiger partial charge on any atom is -0.393 e. The molecule has 2 aromatic carbocycles. The number of carbonyl (C=O) groups excluding carboxylic acids is 1. The van der Waals surface area contributed by atoms with E-state index in [1.807, 2.05) is 60.8 Å². The summed E-state index contributed by atoms with van der Waals surface area (Å²) in [6.07, 6.45) is 4.56. The van der Waals surface area contributed by atoms with E-state index in [9.17, 15) is 9.90 Å². The van der Waals surface area contributed by atoms with Crippen molar-refractivity contribution in [1.29, 1.82) is 0 Å². The van der Waals surface area contributed by atoms with Crippen LogP contribution in [0, 0.1) is 0 Å². The first-order valence-corrected chi connectivity index (χ1v) is 10.5. The van der Waals surface area contributed by atoms with Gasteiger partial charge in [-0.05, 0) is 36.1 Å². The third kappa shape index (κ3) is 5.08. The molecular formula is C23H25ClN4O2. The Morgan fingerprint density at radius 1 is 1.13 bits per heavy atom. The number of rotatable bonds is 6. The Kier molecular flexibility index (Phi) is 6.47. The van der Waals surface area contributed by atoms with Crippen molar-refractivity contribution in [2.75, 3.05) is 18.4 Å². The van der Waals surface area contributed by atoms with Gasteiger partial charge in [-0.1, -0.05) is 54.1 Å². The molecule has 0 bridgehead atoms. The largest absolute Gasteiger partial charge is 0.393 e. The molecule has 1 unspecified atom stereocenters. The van der Waals surface area contributed by atoms with Crippen LogP contribution < -0.4 is 5.32 Å². The first-order chi connectivity index (χ1) is 14.6. The molecule has 1 fully saturated rings. The van der Waals surface area contributed by atoms with Crippen LogP contribution in [0.25, 0.3) is 0 Å². The van der Waals surface area contributed by atoms with Gasteiger partial charge in [0.25, 0.3) is 0 Å². The first-order valence-electron chi connectivity index (χ1n) is 10.1. The van der Waals surface area contributed by atoms with Gasteiger partial charge < -0.3 is 10.4 Å². The predicted octanol–water partition coefficient (Wildman–Crippen LogP) is 3.72. The highest BCUT2D eigenvalue weighted by atomic mass is 35.5. The Hall–Kier alpha value is -2.67. The number of carbonyl (C=O) groups is 1. The minimum absolute atomic E-state index is 0.0939. The molecule has 7 heteroatoms. The van der Waals surface area contributed by atoms with E-state index in [4.69, 9.17) is 11.6 Å². The number of benzene rings is 2. The van der Waals surface area contributed by atoms with Crippen molar-refractivity contribution in [2.24, 2.45) is 0 Å². The third-order valence-electron chi connectivity index (χ3n) is 5.39. The summed E-state index contributed by atoms with van der Waals surface area (Å²) in [7, 11) is 0. The summed E-state index contributed by atoms with van der Waals surface area (Å²) in [6, 6.07) is 17.0. The monoisotopic (exact) mass is 424 g/mol. The smallest absolute Gasteiger partial charge is 0.246 e. The maximum atomic E-state index is 13.2. The number of hydrogen-bond donors (Lipinski definition) is 2. The number of nitrogens with zero attached hydrogens (tertiary/aromatic N) is 3. The van der Waals surface area contributed by atoms with Crippen LogP contribution in [0.5, 0.6) is 0 Å². The maximum absolute atomic E-state index is 13.2. The van der Waals surface area contributed by atoms with Gasteiger partial charge in [-0.25, -0.2) is 0 Å². The Balaban J connectivity index is 1.47. The minimum atomic E-state index is -0.404. The molecule has 0 aliphatic carbocycles. The number of anilines is 1. The van der Waals surface area contributed by atoms with Crippen molar-refractivity contribution in [3.8, 4) is 0 Å². The molecule has 0 spiro atoms. The normalized spacial score (nSPS) is 16.3. The number of hydrogen-bond acceptors (Lipinski definition) is 4. The molecule has 1 aliphatic rings. The van der Waals surface area contributed by atoms with E-state index in [1.165, 1.54) is 0 Å². The van der Waals surface area contributed by atoms with E-state index in [-0.39, 0.29) is 12.0 Å². The molecule has 1 atom stereocenters. The number of amides is 1. The highest BCUT2D eigenvalue weighted by molar-refractivity contribution is 6.30. The van der Waals surface area contributed by atoms with Crippen molar-refractivity contribution in [2.45, 2.75) is 31.5 Å². The summed E-state index contributed by atoms with van der Waals surface area (Å²) in [5.74, 6) is -0.0939. The van der Waals surface area contributed by atoms with Crippen LogP contribution in [-0.2, 0) is 11.3 Å². The quantitative estimate of drug-likeness (QED) is 0.632. The van der Waals surface area contributed by atoms with Crippen molar-refractivity contribution in [3.63, 3.8) is 0 Å². The predicted molar refractivity (Wildman–Crippen MR) is 117 cm³/mol. The molecule has 4 rings (SSSR count). The summed E-state index contributed by atoms with van der Waals surface area (Å²) in [5, 5.41) is 17.9. The summed E-state index contributed by atoms with van der Waals surface area (Å²) >= 11 is 5.94. The van der Waals surface area contributed by atoms with Gasteiger partial charge in [0.1, 0.15) is 6.04 Å². The van der Waals surface area contributed by atoms with E-state index in [0.717, 1.165) is 11.1 Å². The lowest BCUT2D eigenvalue weighted by Crippen LogP contribution is -2.43. The lowest BCUT2D eigenvalue weighted by Gasteiger charge is -2.35. The van der Waals surface area contributed by atoms with Crippen molar-refractivity contribution in [3.05, 3.63) is 83.1 Å². The highest BCUT2D eigenvalue weighted by Crippen LogP contribution is 2.26. The molecule has 0 saturated carbocycles. The van der Waals surface area contributed by atoms with Crippen LogP contribution in [0.2, 0.25) is 5.02 Å². The molecule has 0 radical (unpaired) electrons. The zero-order chi connectivity index (χ0) is 20.9. The molecule has 1 amide bonds. The standard InChI is InChI=1S/C23H25ClN4O2/c24-19-8-6-17(7-9-19)15-28-16-20(14-25-28)26-23(30)22(18-4-2-1-3-5-18)27-12-10-21(29)11-13-27/h1-9,14,16,21-22,29H,10-13,15H2,(H,26,30). The second-order valence-corrected chi connectivity index (χ2v) is 8.06. The summed E-state index contributed by atoms with van der Waals surface area (Å²) < 4.78 is 1.79. The summed E-state index contributed by atoms with van der Waals surface area (Å²) in [4.78, 5) is 15.4. The van der Waals surface area contributed by atoms with Crippen LogP contribution in [0.4, 0.5) is 5.69 Å². The zero-order valence-corrected chi connectivity index (χ0v) is 17.4. The molecule has 2 N–H and O–H groups in total. The number of halogens is 1. The highest BCUT2D eigenvalue weighted by Gasteiger charge is 2.30. The number of likely N-dealkylation sites (tertiary alicyclic amines) is 1. The number of aliphatic hydroxyl groups is 1. The van der Waals surface area contributed by atoms with Gasteiger partial charge in [-0.15, -0.1) is 0 Å². The Morgan fingerprint density at radius 3 is 2.53 bits per heavy atom. The van der Waals surface area contributed by atoms with E-state index in [2.05, 4.69) is 15.3 Å². The molecular weight excluding hydrogens is 400 g/mol. The number of nitrogens with one attached hydrogen (secondary N) is 1. The van der Waals surface area contributed by atoms with Crippen molar-refractivity contribution < 1.29 is 9.90 Å². The molecule has 1 aliphatic heterocycles. The van der Waals surface area contributed by atoms with Crippen LogP contribution in [-0.4, -0.2) is 44.9 Å². The lowest BCUT2D eigenvalue weighted by atomic mass is 10.00. The van der Waals surface area contributed by atoms with Crippen LogP contribution in [0.1, 0.15) is 30.0 Å². The molecule has 1 saturated heterocycles. The second kappa shape index (κ2) is 9.43. The second-order valence-electron chi connectivity index (χ2n) is 7.62. The van der Waals surface area contributed by atoms with Gasteiger partial charge in [0, 0.05) is 24.3 Å². The summed E-state index contributed by atoms with van der Waals surface area (Å²) in [5.41, 5.74) is 2.68. The molecule has 1 aromatic heterocycles. The fraction of sp³-hybridized carbons (Fsp3) is 0.304. The zero-order valence-electron chi connectivity index (χ0n) is 16.6. The third-order valence-corrected chi connectivity index (χ3v) is 5.64. The fourth-order valence-electron chi connectivity index (χ4n) is 3.81. The lowest BCUT2D eigenvalue weighted by molar-refractivity contribution is -0.122. The molecule has 3 aromatic rings. The van der Waals surface area contributed by atoms with Crippen LogP contribution in [0.3, 0.4) is 0 Å². The average molecular weight is 425 g/mol. The maximum Gasteiger partial charge on any atom is 0.246 e. The van der Waals surface area contributed by atoms with Gasteiger partial charge in [0.05, 0.1) is 24.5 Å². The first kappa shape index (κ1) is 20.6. The topological polar surface area (TPSA) is 70.4 Å². The Bertz CT molecular complexity index is 966. The van der Waals surface area contributed by atoms with Crippen molar-refractivity contribution >= 4 is 23.2 Å². The van der Waals surface area contributed by atoms with Crippen LogP contribution >= 0.6 is 11.6 Å². The van der Waals surface area contributed by atoms with E-state index < -0.39 is 6.04 Å². The molecule has 6 nitrogen and oxygen atoms in total. The number of aliphatic hydroxyl groups excluding tert-OH is 1. The number of piperidine rings is 1. The molecule has 30 heavy (non-hydrogen) atoms. The van der Waals surface area contributed by atoms with Gasteiger partial charge in [0.2, 0.25) is 5.91 Å². The van der Waals surface area contributed by atoms with Crippen molar-refractivity contribution in [1.82, 2.24) is 14.7 Å². The SMILES string of the molecule is O=C(Nc1cnn(Cc2ccc(Cl)cc2)c1)C(c1ccccc1)N1CCC(O)CC1. The fourth-order valence-corrected chi connectivity index (χ4v) is 3.94. The Morgan fingerprint density at radius 2 is 1.83 bits per heavy atom. The van der Waals surface area contributed by atoms with Gasteiger partial charge >= 0.3 is 0 Å². The number of aromatic nitrogens is 2. The van der Waals surface area contributed by atoms with Crippen LogP contribution in [0.15, 0.2) is 67.0 Å². The molecule has 156 valence electrons. The van der Waals surface area contributed by atoms with E-state index in [0.29, 0.717) is 43.2 Å². The molecule has 2 heterocycles. The van der Waals surface area contributed by atoms with E-state index >= 15 is 0 Å². The van der Waals surface area contributed by atoms with Gasteiger partial charge in [-0.2, -0.15) is 5.10 Å². The summed E-state index contributed by atoms with van der Waals surface area (Å²) in [6.45, 7) is 1.97. The van der Waals surface area contributed by atoms with Gasteiger partial charge in [0.15, 0.2) is 0 Å².